The molecular formula is C27H24N2O7S. The van der Waals surface area contributed by atoms with E-state index in [0.29, 0.717) is 37.5 Å². The van der Waals surface area contributed by atoms with Crippen molar-refractivity contribution in [2.45, 2.75) is 26.8 Å². The van der Waals surface area contributed by atoms with Crippen LogP contribution in [0.2, 0.25) is 0 Å². The van der Waals surface area contributed by atoms with E-state index in [-0.39, 0.29) is 17.7 Å². The summed E-state index contributed by atoms with van der Waals surface area (Å²) in [6.07, 6.45) is 1.70. The Bertz CT molecular complexity index is 1580. The molecule has 1 atom stereocenters. The van der Waals surface area contributed by atoms with Gasteiger partial charge in [-0.25, -0.2) is 14.6 Å². The Morgan fingerprint density at radius 2 is 1.73 bits per heavy atom. The quantitative estimate of drug-likeness (QED) is 0.363. The summed E-state index contributed by atoms with van der Waals surface area (Å²) in [6.45, 7) is 4.88. The molecule has 0 bridgehead atoms. The van der Waals surface area contributed by atoms with Crippen LogP contribution in [0.5, 0.6) is 5.75 Å². The van der Waals surface area contributed by atoms with E-state index in [2.05, 4.69) is 4.99 Å². The lowest BCUT2D eigenvalue weighted by Crippen LogP contribution is -2.39. The highest BCUT2D eigenvalue weighted by Crippen LogP contribution is 2.31. The van der Waals surface area contributed by atoms with Crippen LogP contribution in [0.15, 0.2) is 69.6 Å². The van der Waals surface area contributed by atoms with E-state index < -0.39 is 23.9 Å². The number of benzene rings is 2. The van der Waals surface area contributed by atoms with Gasteiger partial charge in [0, 0.05) is 6.92 Å². The first-order valence-corrected chi connectivity index (χ1v) is 12.2. The summed E-state index contributed by atoms with van der Waals surface area (Å²) in [4.78, 5) is 54.6. The first-order chi connectivity index (χ1) is 17.7. The summed E-state index contributed by atoms with van der Waals surface area (Å²) in [5, 5.41) is 0. The number of allylic oxidation sites excluding steroid dienone is 1. The molecule has 9 nitrogen and oxygen atoms in total. The SMILES string of the molecule is CCOC(=O)C1=C(C)N=c2sc(=Cc3ccc(C(=O)OC)cc3)c(=O)n2C1c1ccc(OC(C)=O)cc1. The van der Waals surface area contributed by atoms with Gasteiger partial charge in [-0.2, -0.15) is 0 Å². The average Bonchev–Trinajstić information content (AvgIpc) is 3.17. The number of rotatable bonds is 6. The molecule has 0 radical (unpaired) electrons. The fourth-order valence-corrected chi connectivity index (χ4v) is 5.02. The van der Waals surface area contributed by atoms with Crippen molar-refractivity contribution in [1.29, 1.82) is 0 Å². The number of aromatic nitrogens is 1. The van der Waals surface area contributed by atoms with Gasteiger partial charge in [0.15, 0.2) is 4.80 Å². The summed E-state index contributed by atoms with van der Waals surface area (Å²) in [5.41, 5.74) is 2.10. The smallest absolute Gasteiger partial charge is 0.338 e. The van der Waals surface area contributed by atoms with Crippen LogP contribution in [0.4, 0.5) is 0 Å². The molecule has 3 aromatic rings. The molecule has 0 N–H and O–H groups in total. The molecule has 0 fully saturated rings. The van der Waals surface area contributed by atoms with Crippen LogP contribution in [0, 0.1) is 0 Å². The zero-order chi connectivity index (χ0) is 26.7. The lowest BCUT2D eigenvalue weighted by atomic mass is 9.96. The maximum absolute atomic E-state index is 13.6. The van der Waals surface area contributed by atoms with Crippen LogP contribution in [0.25, 0.3) is 6.08 Å². The second kappa shape index (κ2) is 10.8. The summed E-state index contributed by atoms with van der Waals surface area (Å²) in [7, 11) is 1.31. The number of carbonyl (C=O) groups excluding carboxylic acids is 3. The van der Waals surface area contributed by atoms with Gasteiger partial charge in [-0.15, -0.1) is 0 Å². The molecular weight excluding hydrogens is 496 g/mol. The fourth-order valence-electron chi connectivity index (χ4n) is 3.98. The van der Waals surface area contributed by atoms with E-state index in [1.54, 1.807) is 68.5 Å². The molecule has 1 unspecified atom stereocenters. The van der Waals surface area contributed by atoms with Gasteiger partial charge in [0.25, 0.3) is 5.56 Å². The zero-order valence-electron chi connectivity index (χ0n) is 20.6. The summed E-state index contributed by atoms with van der Waals surface area (Å²) in [5.74, 6) is -1.13. The van der Waals surface area contributed by atoms with E-state index in [4.69, 9.17) is 14.2 Å². The molecule has 190 valence electrons. The molecule has 0 amide bonds. The first kappa shape index (κ1) is 25.8. The molecule has 10 heteroatoms. The third-order valence-corrected chi connectivity index (χ3v) is 6.59. The number of ether oxygens (including phenoxy) is 3. The summed E-state index contributed by atoms with van der Waals surface area (Å²) >= 11 is 1.19. The van der Waals surface area contributed by atoms with Crippen molar-refractivity contribution >= 4 is 35.3 Å². The van der Waals surface area contributed by atoms with Gasteiger partial charge >= 0.3 is 17.9 Å². The second-order valence-corrected chi connectivity index (χ2v) is 9.09. The van der Waals surface area contributed by atoms with Crippen molar-refractivity contribution in [2.24, 2.45) is 4.99 Å². The fraction of sp³-hybridized carbons (Fsp3) is 0.222. The third kappa shape index (κ3) is 5.29. The maximum atomic E-state index is 13.6. The Labute approximate surface area is 215 Å². The highest BCUT2D eigenvalue weighted by atomic mass is 32.1. The van der Waals surface area contributed by atoms with Crippen molar-refractivity contribution in [2.75, 3.05) is 13.7 Å². The minimum atomic E-state index is -0.787. The van der Waals surface area contributed by atoms with Crippen molar-refractivity contribution in [3.05, 3.63) is 96.2 Å². The van der Waals surface area contributed by atoms with Gasteiger partial charge in [-0.1, -0.05) is 35.6 Å². The predicted molar refractivity (Wildman–Crippen MR) is 136 cm³/mol. The van der Waals surface area contributed by atoms with E-state index in [9.17, 15) is 19.2 Å². The number of carbonyl (C=O) groups is 3. The molecule has 0 spiro atoms. The van der Waals surface area contributed by atoms with Gasteiger partial charge in [0.05, 0.1) is 41.1 Å². The molecule has 4 rings (SSSR count). The van der Waals surface area contributed by atoms with E-state index >= 15 is 0 Å². The van der Waals surface area contributed by atoms with Gasteiger partial charge in [-0.3, -0.25) is 14.2 Å². The minimum Gasteiger partial charge on any atom is -0.465 e. The Hall–Kier alpha value is -4.31. The van der Waals surface area contributed by atoms with E-state index in [1.807, 2.05) is 0 Å². The molecule has 2 aromatic carbocycles. The molecule has 1 aromatic heterocycles. The predicted octanol–water partition coefficient (Wildman–Crippen LogP) is 2.51. The van der Waals surface area contributed by atoms with Crippen LogP contribution in [0.3, 0.4) is 0 Å². The lowest BCUT2D eigenvalue weighted by Gasteiger charge is -2.24. The standard InChI is InChI=1S/C27H24N2O7S/c1-5-35-26(33)22-15(2)28-27-29(23(22)18-10-12-20(13-11-18)36-16(3)30)24(31)21(37-27)14-17-6-8-19(9-7-17)25(32)34-4/h6-14,23H,5H2,1-4H3. The zero-order valence-corrected chi connectivity index (χ0v) is 21.5. The Morgan fingerprint density at radius 1 is 1.05 bits per heavy atom. The lowest BCUT2D eigenvalue weighted by molar-refractivity contribution is -0.139. The normalized spacial score (nSPS) is 15.0. The molecule has 37 heavy (non-hydrogen) atoms. The van der Waals surface area contributed by atoms with Crippen LogP contribution in [-0.4, -0.2) is 36.2 Å². The highest BCUT2D eigenvalue weighted by molar-refractivity contribution is 7.07. The van der Waals surface area contributed by atoms with Crippen molar-refractivity contribution in [1.82, 2.24) is 4.57 Å². The number of nitrogens with zero attached hydrogens (tertiary/aromatic N) is 2. The molecule has 2 heterocycles. The van der Waals surface area contributed by atoms with Gasteiger partial charge in [0.1, 0.15) is 5.75 Å². The number of methoxy groups -OCH3 is 1. The molecule has 1 aliphatic heterocycles. The topological polar surface area (TPSA) is 113 Å². The van der Waals surface area contributed by atoms with Gasteiger partial charge < -0.3 is 14.2 Å². The summed E-state index contributed by atoms with van der Waals surface area (Å²) < 4.78 is 17.0. The first-order valence-electron chi connectivity index (χ1n) is 11.4. The number of esters is 3. The van der Waals surface area contributed by atoms with Crippen LogP contribution in [-0.2, 0) is 19.1 Å². The molecule has 0 saturated carbocycles. The van der Waals surface area contributed by atoms with Crippen LogP contribution >= 0.6 is 11.3 Å². The number of hydrogen-bond acceptors (Lipinski definition) is 9. The second-order valence-electron chi connectivity index (χ2n) is 8.08. The van der Waals surface area contributed by atoms with Crippen LogP contribution < -0.4 is 19.6 Å². The Balaban J connectivity index is 1.85. The molecule has 1 aliphatic rings. The van der Waals surface area contributed by atoms with E-state index in [0.717, 1.165) is 0 Å². The highest BCUT2D eigenvalue weighted by Gasteiger charge is 2.33. The maximum Gasteiger partial charge on any atom is 0.338 e. The molecule has 0 saturated heterocycles. The number of fused-ring (bicyclic) bond motifs is 1. The third-order valence-electron chi connectivity index (χ3n) is 5.60. The number of thiazole rings is 1. The Morgan fingerprint density at radius 3 is 2.32 bits per heavy atom. The van der Waals surface area contributed by atoms with Gasteiger partial charge in [0.2, 0.25) is 0 Å². The van der Waals surface area contributed by atoms with Crippen molar-refractivity contribution in [3.63, 3.8) is 0 Å². The van der Waals surface area contributed by atoms with Crippen molar-refractivity contribution < 1.29 is 28.6 Å². The number of hydrogen-bond donors (Lipinski definition) is 0. The monoisotopic (exact) mass is 520 g/mol. The van der Waals surface area contributed by atoms with E-state index in [1.165, 1.54) is 29.9 Å². The van der Waals surface area contributed by atoms with Gasteiger partial charge in [-0.05, 0) is 55.3 Å². The average molecular weight is 521 g/mol. The van der Waals surface area contributed by atoms with Crippen LogP contribution in [0.1, 0.15) is 48.3 Å². The molecule has 0 aliphatic carbocycles. The minimum absolute atomic E-state index is 0.166. The largest absolute Gasteiger partial charge is 0.465 e. The van der Waals surface area contributed by atoms with Crippen molar-refractivity contribution in [3.8, 4) is 5.75 Å². The summed E-state index contributed by atoms with van der Waals surface area (Å²) in [6, 6.07) is 12.5. The Kier molecular flexibility index (Phi) is 7.49.